The molecule has 74 valence electrons. The van der Waals surface area contributed by atoms with Crippen LogP contribution >= 0.6 is 0 Å². The van der Waals surface area contributed by atoms with Gasteiger partial charge in [0.2, 0.25) is 11.6 Å². The van der Waals surface area contributed by atoms with Crippen LogP contribution in [0.3, 0.4) is 0 Å². The Morgan fingerprint density at radius 1 is 1.43 bits per heavy atom. The molecule has 0 fully saturated rings. The average Bonchev–Trinajstić information content (AvgIpc) is 2.02. The Labute approximate surface area is 77.3 Å². The predicted octanol–water partition coefficient (Wildman–Crippen LogP) is 2.08. The van der Waals surface area contributed by atoms with Crippen molar-refractivity contribution < 1.29 is 18.5 Å². The largest absolute Gasteiger partial charge is 0.340 e. The van der Waals surface area contributed by atoms with Crippen LogP contribution < -0.4 is 0 Å². The predicted molar refractivity (Wildman–Crippen MR) is 43.0 cm³/mol. The summed E-state index contributed by atoms with van der Waals surface area (Å²) in [5, 5.41) is 10.2. The number of nitrogens with zero attached hydrogens (tertiary/aromatic N) is 1. The molecule has 0 unspecified atom stereocenters. The van der Waals surface area contributed by atoms with Gasteiger partial charge in [-0.25, -0.2) is 0 Å². The first kappa shape index (κ1) is 10.2. The fourth-order valence-corrected chi connectivity index (χ4v) is 0.980. The first-order chi connectivity index (χ1) is 6.45. The van der Waals surface area contributed by atoms with Crippen LogP contribution in [0.1, 0.15) is 17.3 Å². The monoisotopic (exact) mass is 201 g/mol. The van der Waals surface area contributed by atoms with Gasteiger partial charge in [-0.05, 0) is 19.1 Å². The lowest BCUT2D eigenvalue weighted by Gasteiger charge is -1.99. The molecule has 6 heteroatoms. The Kier molecular flexibility index (Phi) is 2.55. The summed E-state index contributed by atoms with van der Waals surface area (Å²) < 4.78 is 25.9. The van der Waals surface area contributed by atoms with E-state index < -0.39 is 33.6 Å². The smallest absolute Gasteiger partial charge is 0.294 e. The standard InChI is InChI=1S/C8H5F2NO3/c1-4(12)5-2-3-6(9)8(7(5)10)11(13)14/h2-3H,1H3. The molecule has 0 N–H and O–H groups in total. The maximum atomic E-state index is 13.1. The van der Waals surface area contributed by atoms with Crippen molar-refractivity contribution in [1.29, 1.82) is 0 Å². The van der Waals surface area contributed by atoms with Crippen LogP contribution in [0.5, 0.6) is 0 Å². The summed E-state index contributed by atoms with van der Waals surface area (Å²) in [7, 11) is 0. The second-order valence-electron chi connectivity index (χ2n) is 2.57. The molecule has 1 rings (SSSR count). The van der Waals surface area contributed by atoms with Crippen LogP contribution in [0.25, 0.3) is 0 Å². The van der Waals surface area contributed by atoms with E-state index in [4.69, 9.17) is 0 Å². The molecule has 1 aromatic rings. The van der Waals surface area contributed by atoms with Crippen LogP contribution in [0.15, 0.2) is 12.1 Å². The van der Waals surface area contributed by atoms with Gasteiger partial charge in [0.25, 0.3) is 0 Å². The Morgan fingerprint density at radius 2 is 2.00 bits per heavy atom. The van der Waals surface area contributed by atoms with E-state index >= 15 is 0 Å². The lowest BCUT2D eigenvalue weighted by Crippen LogP contribution is -2.03. The Bertz CT molecular complexity index is 417. The van der Waals surface area contributed by atoms with Crippen molar-refractivity contribution in [2.75, 3.05) is 0 Å². The van der Waals surface area contributed by atoms with Crippen molar-refractivity contribution in [3.8, 4) is 0 Å². The topological polar surface area (TPSA) is 60.2 Å². The fraction of sp³-hybridized carbons (Fsp3) is 0.125. The Hall–Kier alpha value is -1.85. The van der Waals surface area contributed by atoms with Gasteiger partial charge in [0.05, 0.1) is 10.5 Å². The first-order valence-corrected chi connectivity index (χ1v) is 3.58. The number of hydrogen-bond donors (Lipinski definition) is 0. The molecule has 0 spiro atoms. The molecular formula is C8H5F2NO3. The van der Waals surface area contributed by atoms with Gasteiger partial charge in [0.1, 0.15) is 0 Å². The number of Topliss-reactive ketones (excluding diaryl/α,β-unsaturated/α-hetero) is 1. The summed E-state index contributed by atoms with van der Waals surface area (Å²) in [5.74, 6) is -3.41. The third kappa shape index (κ3) is 1.59. The number of ketones is 1. The minimum atomic E-state index is -1.43. The first-order valence-electron chi connectivity index (χ1n) is 3.58. The molecule has 0 saturated carbocycles. The molecule has 0 aliphatic rings. The number of halogens is 2. The second kappa shape index (κ2) is 3.49. The maximum Gasteiger partial charge on any atom is 0.340 e. The van der Waals surface area contributed by atoms with E-state index in [1.54, 1.807) is 0 Å². The fourth-order valence-electron chi connectivity index (χ4n) is 0.980. The van der Waals surface area contributed by atoms with Gasteiger partial charge in [-0.15, -0.1) is 0 Å². The minimum Gasteiger partial charge on any atom is -0.294 e. The third-order valence-corrected chi connectivity index (χ3v) is 1.63. The minimum absolute atomic E-state index is 0.488. The number of carbonyl (C=O) groups is 1. The van der Waals surface area contributed by atoms with E-state index in [1.165, 1.54) is 0 Å². The molecule has 0 aliphatic heterocycles. The van der Waals surface area contributed by atoms with Gasteiger partial charge in [-0.3, -0.25) is 14.9 Å². The number of nitro benzene ring substituents is 1. The highest BCUT2D eigenvalue weighted by Gasteiger charge is 2.25. The van der Waals surface area contributed by atoms with E-state index in [1.807, 2.05) is 0 Å². The molecule has 0 aromatic heterocycles. The maximum absolute atomic E-state index is 13.1. The summed E-state index contributed by atoms with van der Waals surface area (Å²) in [5.41, 5.74) is -1.78. The van der Waals surface area contributed by atoms with Gasteiger partial charge < -0.3 is 0 Å². The van der Waals surface area contributed by atoms with Crippen molar-refractivity contribution in [2.45, 2.75) is 6.92 Å². The van der Waals surface area contributed by atoms with Crippen molar-refractivity contribution >= 4 is 11.5 Å². The average molecular weight is 201 g/mol. The quantitative estimate of drug-likeness (QED) is 0.418. The van der Waals surface area contributed by atoms with Gasteiger partial charge in [0.15, 0.2) is 5.78 Å². The van der Waals surface area contributed by atoms with Crippen molar-refractivity contribution in [3.05, 3.63) is 39.4 Å². The van der Waals surface area contributed by atoms with Gasteiger partial charge in [0, 0.05) is 0 Å². The molecule has 0 atom stereocenters. The molecule has 14 heavy (non-hydrogen) atoms. The highest BCUT2D eigenvalue weighted by Crippen LogP contribution is 2.24. The summed E-state index contributed by atoms with van der Waals surface area (Å²) in [6, 6.07) is 1.57. The van der Waals surface area contributed by atoms with Gasteiger partial charge >= 0.3 is 5.69 Å². The van der Waals surface area contributed by atoms with Crippen molar-refractivity contribution in [2.24, 2.45) is 0 Å². The summed E-state index contributed by atoms with van der Waals surface area (Å²) in [6.45, 7) is 1.04. The molecule has 0 bridgehead atoms. The third-order valence-electron chi connectivity index (χ3n) is 1.63. The highest BCUT2D eigenvalue weighted by atomic mass is 19.1. The van der Waals surface area contributed by atoms with Crippen molar-refractivity contribution in [1.82, 2.24) is 0 Å². The van der Waals surface area contributed by atoms with Crippen LogP contribution in [0, 0.1) is 21.7 Å². The lowest BCUT2D eigenvalue weighted by atomic mass is 10.1. The van der Waals surface area contributed by atoms with E-state index in [0.717, 1.165) is 13.0 Å². The molecule has 1 aromatic carbocycles. The molecule has 0 heterocycles. The second-order valence-corrected chi connectivity index (χ2v) is 2.57. The zero-order valence-corrected chi connectivity index (χ0v) is 7.08. The highest BCUT2D eigenvalue weighted by molar-refractivity contribution is 5.95. The van der Waals surface area contributed by atoms with Crippen LogP contribution in [0.2, 0.25) is 0 Å². The van der Waals surface area contributed by atoms with Gasteiger partial charge in [-0.2, -0.15) is 8.78 Å². The van der Waals surface area contributed by atoms with E-state index in [0.29, 0.717) is 6.07 Å². The summed E-state index contributed by atoms with van der Waals surface area (Å²) in [4.78, 5) is 19.8. The van der Waals surface area contributed by atoms with E-state index in [-0.39, 0.29) is 0 Å². The number of hydrogen-bond acceptors (Lipinski definition) is 3. The Morgan fingerprint density at radius 3 is 2.43 bits per heavy atom. The Balaban J connectivity index is 3.49. The molecule has 4 nitrogen and oxygen atoms in total. The van der Waals surface area contributed by atoms with Crippen molar-refractivity contribution in [3.63, 3.8) is 0 Å². The number of carbonyl (C=O) groups excluding carboxylic acids is 1. The SMILES string of the molecule is CC(=O)c1ccc(F)c([N+](=O)[O-])c1F. The molecule has 0 aliphatic carbocycles. The number of benzene rings is 1. The molecule has 0 radical (unpaired) electrons. The van der Waals surface area contributed by atoms with E-state index in [9.17, 15) is 23.7 Å². The van der Waals surface area contributed by atoms with E-state index in [2.05, 4.69) is 0 Å². The molecule has 0 saturated heterocycles. The zero-order valence-electron chi connectivity index (χ0n) is 7.08. The summed E-state index contributed by atoms with van der Waals surface area (Å²) in [6.07, 6.45) is 0. The normalized spacial score (nSPS) is 9.93. The van der Waals surface area contributed by atoms with Crippen LogP contribution in [-0.2, 0) is 0 Å². The lowest BCUT2D eigenvalue weighted by molar-refractivity contribution is -0.390. The van der Waals surface area contributed by atoms with Gasteiger partial charge in [-0.1, -0.05) is 0 Å². The molecule has 0 amide bonds. The van der Waals surface area contributed by atoms with Crippen LogP contribution in [-0.4, -0.2) is 10.7 Å². The number of nitro groups is 1. The number of rotatable bonds is 2. The summed E-state index contributed by atoms with van der Waals surface area (Å²) >= 11 is 0. The zero-order chi connectivity index (χ0) is 10.9. The molecular weight excluding hydrogens is 196 g/mol. The van der Waals surface area contributed by atoms with Crippen LogP contribution in [0.4, 0.5) is 14.5 Å².